The quantitative estimate of drug-likeness (QED) is 0.728. The monoisotopic (exact) mass is 226 g/mol. The highest BCUT2D eigenvalue weighted by molar-refractivity contribution is 5.75. The molecule has 1 aliphatic carbocycles. The van der Waals surface area contributed by atoms with Gasteiger partial charge in [-0.1, -0.05) is 19.8 Å². The zero-order valence-electron chi connectivity index (χ0n) is 10.7. The Morgan fingerprint density at radius 2 is 1.94 bits per heavy atom. The van der Waals surface area contributed by atoms with Gasteiger partial charge >= 0.3 is 0 Å². The summed E-state index contributed by atoms with van der Waals surface area (Å²) < 4.78 is 0. The molecule has 0 aliphatic heterocycles. The second-order valence-electron chi connectivity index (χ2n) is 4.88. The van der Waals surface area contributed by atoms with Crippen LogP contribution in [0, 0.1) is 5.92 Å². The normalized spacial score (nSPS) is 25.4. The second kappa shape index (κ2) is 7.66. The number of hydrogen-bond acceptors (Lipinski definition) is 2. The fraction of sp³-hybridized carbons (Fsp3) is 0.923. The van der Waals surface area contributed by atoms with Crippen LogP contribution in [-0.2, 0) is 4.79 Å². The van der Waals surface area contributed by atoms with Gasteiger partial charge in [-0.15, -0.1) is 0 Å². The van der Waals surface area contributed by atoms with Gasteiger partial charge in [0.25, 0.3) is 0 Å². The molecular formula is C13H26N2O. The number of amides is 1. The topological polar surface area (TPSA) is 41.1 Å². The van der Waals surface area contributed by atoms with E-state index in [1.54, 1.807) is 7.05 Å². The Labute approximate surface area is 99.4 Å². The first kappa shape index (κ1) is 13.5. The third-order valence-corrected chi connectivity index (χ3v) is 3.61. The van der Waals surface area contributed by atoms with Crippen molar-refractivity contribution < 1.29 is 4.79 Å². The molecule has 0 radical (unpaired) electrons. The molecule has 0 spiro atoms. The summed E-state index contributed by atoms with van der Waals surface area (Å²) in [7, 11) is 1.69. The minimum atomic E-state index is 0.132. The molecule has 0 heterocycles. The first-order chi connectivity index (χ1) is 7.76. The Morgan fingerprint density at radius 1 is 1.25 bits per heavy atom. The number of rotatable bonds is 6. The van der Waals surface area contributed by atoms with E-state index in [0.29, 0.717) is 12.5 Å². The molecule has 94 valence electrons. The van der Waals surface area contributed by atoms with E-state index in [9.17, 15) is 4.79 Å². The highest BCUT2D eigenvalue weighted by Crippen LogP contribution is 2.27. The molecule has 0 atom stereocenters. The second-order valence-corrected chi connectivity index (χ2v) is 4.88. The van der Waals surface area contributed by atoms with Gasteiger partial charge in [0.15, 0.2) is 0 Å². The first-order valence-electron chi connectivity index (χ1n) is 6.70. The van der Waals surface area contributed by atoms with Crippen LogP contribution in [0.3, 0.4) is 0 Å². The largest absolute Gasteiger partial charge is 0.359 e. The molecule has 16 heavy (non-hydrogen) atoms. The van der Waals surface area contributed by atoms with E-state index >= 15 is 0 Å². The zero-order valence-corrected chi connectivity index (χ0v) is 10.7. The molecule has 0 aromatic rings. The maximum absolute atomic E-state index is 11.0. The summed E-state index contributed by atoms with van der Waals surface area (Å²) in [6, 6.07) is 0.651. The van der Waals surface area contributed by atoms with Crippen LogP contribution in [0.5, 0.6) is 0 Å². The van der Waals surface area contributed by atoms with Crippen LogP contribution >= 0.6 is 0 Å². The van der Waals surface area contributed by atoms with Crippen molar-refractivity contribution in [2.45, 2.75) is 57.9 Å². The van der Waals surface area contributed by atoms with Gasteiger partial charge in [0.1, 0.15) is 0 Å². The van der Waals surface area contributed by atoms with Crippen molar-refractivity contribution in [2.24, 2.45) is 5.92 Å². The summed E-state index contributed by atoms with van der Waals surface area (Å²) in [5.74, 6) is 1.09. The van der Waals surface area contributed by atoms with Gasteiger partial charge in [-0.05, 0) is 31.6 Å². The van der Waals surface area contributed by atoms with Gasteiger partial charge in [-0.25, -0.2) is 0 Å². The van der Waals surface area contributed by atoms with E-state index in [1.165, 1.54) is 38.5 Å². The smallest absolute Gasteiger partial charge is 0.221 e. The zero-order chi connectivity index (χ0) is 11.8. The lowest BCUT2D eigenvalue weighted by Gasteiger charge is -2.29. The predicted molar refractivity (Wildman–Crippen MR) is 67.3 cm³/mol. The third kappa shape index (κ3) is 4.97. The molecule has 0 unspecified atom stereocenters. The van der Waals surface area contributed by atoms with Crippen molar-refractivity contribution in [2.75, 3.05) is 13.6 Å². The van der Waals surface area contributed by atoms with Crippen LogP contribution < -0.4 is 10.6 Å². The average molecular weight is 226 g/mol. The van der Waals surface area contributed by atoms with E-state index in [4.69, 9.17) is 0 Å². The number of carbonyl (C=O) groups is 1. The van der Waals surface area contributed by atoms with Crippen LogP contribution in [0.4, 0.5) is 0 Å². The SMILES string of the molecule is CCCC1CCC(NCCC(=O)NC)CC1. The Hall–Kier alpha value is -0.570. The van der Waals surface area contributed by atoms with Crippen molar-refractivity contribution in [3.8, 4) is 0 Å². The van der Waals surface area contributed by atoms with Crippen molar-refractivity contribution in [3.05, 3.63) is 0 Å². The molecular weight excluding hydrogens is 200 g/mol. The van der Waals surface area contributed by atoms with E-state index < -0.39 is 0 Å². The molecule has 1 rings (SSSR count). The Bertz CT molecular complexity index is 198. The summed E-state index contributed by atoms with van der Waals surface area (Å²) in [5.41, 5.74) is 0. The molecule has 3 heteroatoms. The summed E-state index contributed by atoms with van der Waals surface area (Å²) in [6.07, 6.45) is 8.63. The molecule has 1 fully saturated rings. The Balaban J connectivity index is 2.06. The summed E-state index contributed by atoms with van der Waals surface area (Å²) >= 11 is 0. The van der Waals surface area contributed by atoms with Crippen LogP contribution in [0.1, 0.15) is 51.9 Å². The number of nitrogens with one attached hydrogen (secondary N) is 2. The fourth-order valence-electron chi connectivity index (χ4n) is 2.58. The number of hydrogen-bond donors (Lipinski definition) is 2. The predicted octanol–water partition coefficient (Wildman–Crippen LogP) is 2.07. The maximum atomic E-state index is 11.0. The molecule has 0 saturated heterocycles. The minimum Gasteiger partial charge on any atom is -0.359 e. The summed E-state index contributed by atoms with van der Waals surface area (Å²) in [6.45, 7) is 3.09. The van der Waals surface area contributed by atoms with Crippen LogP contribution in [0.15, 0.2) is 0 Å². The minimum absolute atomic E-state index is 0.132. The van der Waals surface area contributed by atoms with E-state index in [2.05, 4.69) is 17.6 Å². The lowest BCUT2D eigenvalue weighted by atomic mass is 9.83. The van der Waals surface area contributed by atoms with Gasteiger partial charge in [0, 0.05) is 26.1 Å². The molecule has 1 saturated carbocycles. The molecule has 0 aromatic carbocycles. The van der Waals surface area contributed by atoms with Gasteiger partial charge in [0.05, 0.1) is 0 Å². The maximum Gasteiger partial charge on any atom is 0.221 e. The highest BCUT2D eigenvalue weighted by atomic mass is 16.1. The molecule has 3 nitrogen and oxygen atoms in total. The van der Waals surface area contributed by atoms with E-state index in [-0.39, 0.29) is 5.91 Å². The van der Waals surface area contributed by atoms with E-state index in [1.807, 2.05) is 0 Å². The van der Waals surface area contributed by atoms with Gasteiger partial charge in [-0.2, -0.15) is 0 Å². The summed E-state index contributed by atoms with van der Waals surface area (Å²) in [5, 5.41) is 6.14. The molecule has 0 bridgehead atoms. The van der Waals surface area contributed by atoms with Crippen molar-refractivity contribution in [1.82, 2.24) is 10.6 Å². The first-order valence-corrected chi connectivity index (χ1v) is 6.70. The Morgan fingerprint density at radius 3 is 2.50 bits per heavy atom. The van der Waals surface area contributed by atoms with Gasteiger partial charge in [0.2, 0.25) is 5.91 Å². The van der Waals surface area contributed by atoms with Crippen LogP contribution in [0.25, 0.3) is 0 Å². The molecule has 1 amide bonds. The number of carbonyl (C=O) groups excluding carboxylic acids is 1. The van der Waals surface area contributed by atoms with Gasteiger partial charge in [-0.3, -0.25) is 4.79 Å². The van der Waals surface area contributed by atoms with Crippen LogP contribution in [0.2, 0.25) is 0 Å². The van der Waals surface area contributed by atoms with Crippen molar-refractivity contribution in [3.63, 3.8) is 0 Å². The highest BCUT2D eigenvalue weighted by Gasteiger charge is 2.19. The summed E-state index contributed by atoms with van der Waals surface area (Å²) in [4.78, 5) is 11.0. The van der Waals surface area contributed by atoms with Crippen molar-refractivity contribution >= 4 is 5.91 Å². The van der Waals surface area contributed by atoms with Gasteiger partial charge < -0.3 is 10.6 Å². The standard InChI is InChI=1S/C13H26N2O/c1-3-4-11-5-7-12(8-6-11)15-10-9-13(16)14-2/h11-12,15H,3-10H2,1-2H3,(H,14,16). The molecule has 0 aromatic heterocycles. The third-order valence-electron chi connectivity index (χ3n) is 3.61. The van der Waals surface area contributed by atoms with Crippen LogP contribution in [-0.4, -0.2) is 25.5 Å². The lowest BCUT2D eigenvalue weighted by Crippen LogP contribution is -2.35. The molecule has 2 N–H and O–H groups in total. The molecule has 1 aliphatic rings. The lowest BCUT2D eigenvalue weighted by molar-refractivity contribution is -0.120. The fourth-order valence-corrected chi connectivity index (χ4v) is 2.58. The van der Waals surface area contributed by atoms with Crippen molar-refractivity contribution in [1.29, 1.82) is 0 Å². The Kier molecular flexibility index (Phi) is 6.46. The average Bonchev–Trinajstić information content (AvgIpc) is 2.31. The van der Waals surface area contributed by atoms with E-state index in [0.717, 1.165) is 12.5 Å².